The molecule has 10 heteroatoms. The van der Waals surface area contributed by atoms with Gasteiger partial charge in [0, 0.05) is 17.8 Å². The summed E-state index contributed by atoms with van der Waals surface area (Å²) in [6.07, 6.45) is 0.797. The van der Waals surface area contributed by atoms with Crippen molar-refractivity contribution in [2.75, 3.05) is 11.5 Å². The van der Waals surface area contributed by atoms with Gasteiger partial charge in [0.1, 0.15) is 17.2 Å². The summed E-state index contributed by atoms with van der Waals surface area (Å²) < 4.78 is 43.1. The average molecular weight is 398 g/mol. The number of aryl methyl sites for hydroxylation is 1. The fourth-order valence-electron chi connectivity index (χ4n) is 2.79. The van der Waals surface area contributed by atoms with E-state index in [1.165, 1.54) is 6.92 Å². The number of carboxylic acids is 1. The van der Waals surface area contributed by atoms with E-state index < -0.39 is 61.9 Å². The molecule has 2 aromatic carbocycles. The standard InChI is InChI=1S/C17H11ClF3N3O3/c1-5-11-15(12(18)14(23)13(5)21)24(4-6(16(11)25)17(26)27)10-3-9(22)7(19)2-8(10)20/h2-4H,22-23H2,1H3,(H,26,27). The molecule has 0 amide bonds. The van der Waals surface area contributed by atoms with Crippen molar-refractivity contribution < 1.29 is 23.1 Å². The monoisotopic (exact) mass is 397 g/mol. The van der Waals surface area contributed by atoms with Crippen LogP contribution in [0.2, 0.25) is 5.02 Å². The Bertz CT molecular complexity index is 1210. The van der Waals surface area contributed by atoms with Crippen molar-refractivity contribution in [1.29, 1.82) is 0 Å². The summed E-state index contributed by atoms with van der Waals surface area (Å²) >= 11 is 6.09. The van der Waals surface area contributed by atoms with E-state index in [1.54, 1.807) is 0 Å². The fraction of sp³-hybridized carbons (Fsp3) is 0.0588. The molecule has 0 aliphatic heterocycles. The van der Waals surface area contributed by atoms with Crippen LogP contribution in [0.15, 0.2) is 23.1 Å². The molecule has 0 radical (unpaired) electrons. The molecule has 5 N–H and O–H groups in total. The third-order valence-corrected chi connectivity index (χ3v) is 4.53. The number of nitrogens with two attached hydrogens (primary N) is 2. The molecule has 0 atom stereocenters. The van der Waals surface area contributed by atoms with Crippen molar-refractivity contribution in [3.05, 3.63) is 62.2 Å². The lowest BCUT2D eigenvalue weighted by Gasteiger charge is -2.18. The van der Waals surface area contributed by atoms with Crippen molar-refractivity contribution >= 4 is 39.8 Å². The molecule has 0 saturated heterocycles. The first kappa shape index (κ1) is 18.6. The number of halogens is 4. The van der Waals surface area contributed by atoms with Crippen molar-refractivity contribution in [1.82, 2.24) is 4.57 Å². The second-order valence-electron chi connectivity index (χ2n) is 5.76. The maximum absolute atomic E-state index is 14.4. The first-order valence-electron chi connectivity index (χ1n) is 7.36. The molecule has 0 saturated carbocycles. The highest BCUT2D eigenvalue weighted by Crippen LogP contribution is 2.35. The number of hydrogen-bond acceptors (Lipinski definition) is 4. The maximum atomic E-state index is 14.4. The Balaban J connectivity index is 2.65. The minimum atomic E-state index is -1.63. The lowest BCUT2D eigenvalue weighted by Crippen LogP contribution is -2.21. The van der Waals surface area contributed by atoms with Crippen LogP contribution in [0.25, 0.3) is 16.6 Å². The summed E-state index contributed by atoms with van der Waals surface area (Å²) in [6, 6.07) is 1.38. The molecule has 3 aromatic rings. The van der Waals surface area contributed by atoms with E-state index in [1.807, 2.05) is 0 Å². The second kappa shape index (κ2) is 6.20. The number of aromatic nitrogens is 1. The van der Waals surface area contributed by atoms with Crippen molar-refractivity contribution in [3.63, 3.8) is 0 Å². The number of hydrogen-bond donors (Lipinski definition) is 3. The molecular weight excluding hydrogens is 387 g/mol. The van der Waals surface area contributed by atoms with Crippen LogP contribution in [-0.4, -0.2) is 15.6 Å². The number of anilines is 2. The minimum Gasteiger partial charge on any atom is -0.477 e. The molecule has 0 spiro atoms. The van der Waals surface area contributed by atoms with Gasteiger partial charge in [0.05, 0.1) is 33.0 Å². The van der Waals surface area contributed by atoms with E-state index in [2.05, 4.69) is 0 Å². The molecule has 1 heterocycles. The van der Waals surface area contributed by atoms with Crippen molar-refractivity contribution in [2.45, 2.75) is 6.92 Å². The van der Waals surface area contributed by atoms with Gasteiger partial charge in [0.2, 0.25) is 5.43 Å². The van der Waals surface area contributed by atoms with E-state index in [0.29, 0.717) is 6.07 Å². The quantitative estimate of drug-likeness (QED) is 0.575. The number of nitrogen functional groups attached to an aromatic ring is 2. The number of nitrogens with zero attached hydrogens (tertiary/aromatic N) is 1. The maximum Gasteiger partial charge on any atom is 0.341 e. The van der Waals surface area contributed by atoms with E-state index in [-0.39, 0.29) is 11.1 Å². The molecule has 6 nitrogen and oxygen atoms in total. The number of fused-ring (bicyclic) bond motifs is 1. The summed E-state index contributed by atoms with van der Waals surface area (Å²) in [5.41, 5.74) is 7.47. The Hall–Kier alpha value is -3.20. The highest BCUT2D eigenvalue weighted by molar-refractivity contribution is 6.38. The molecular formula is C17H11ClF3N3O3. The second-order valence-corrected chi connectivity index (χ2v) is 6.14. The first-order valence-corrected chi connectivity index (χ1v) is 7.74. The first-order chi connectivity index (χ1) is 12.6. The summed E-state index contributed by atoms with van der Waals surface area (Å²) in [5.74, 6) is -4.77. The summed E-state index contributed by atoms with van der Waals surface area (Å²) in [7, 11) is 0. The zero-order valence-corrected chi connectivity index (χ0v) is 14.4. The third kappa shape index (κ3) is 2.67. The number of pyridine rings is 1. The van der Waals surface area contributed by atoms with E-state index in [9.17, 15) is 27.9 Å². The molecule has 0 bridgehead atoms. The number of carboxylic acid groups (broad SMARTS) is 1. The van der Waals surface area contributed by atoms with Gasteiger partial charge in [0.15, 0.2) is 5.82 Å². The van der Waals surface area contributed by atoms with Gasteiger partial charge in [-0.05, 0) is 13.0 Å². The van der Waals surface area contributed by atoms with Crippen LogP contribution in [0.4, 0.5) is 24.5 Å². The van der Waals surface area contributed by atoms with E-state index in [4.69, 9.17) is 23.1 Å². The zero-order valence-electron chi connectivity index (χ0n) is 13.6. The van der Waals surface area contributed by atoms with Gasteiger partial charge in [-0.2, -0.15) is 0 Å². The fourth-order valence-corrected chi connectivity index (χ4v) is 3.06. The molecule has 0 unspecified atom stereocenters. The number of carbonyl (C=O) groups is 1. The van der Waals surface area contributed by atoms with Crippen LogP contribution in [0, 0.1) is 24.4 Å². The summed E-state index contributed by atoms with van der Waals surface area (Å²) in [5, 5.41) is 8.48. The van der Waals surface area contributed by atoms with Gasteiger partial charge in [-0.1, -0.05) is 11.6 Å². The van der Waals surface area contributed by atoms with Crippen LogP contribution in [0.5, 0.6) is 0 Å². The minimum absolute atomic E-state index is 0.229. The largest absolute Gasteiger partial charge is 0.477 e. The Morgan fingerprint density at radius 2 is 1.81 bits per heavy atom. The van der Waals surface area contributed by atoms with Crippen LogP contribution >= 0.6 is 11.6 Å². The van der Waals surface area contributed by atoms with Crippen molar-refractivity contribution in [3.8, 4) is 5.69 Å². The molecule has 0 aliphatic rings. The predicted octanol–water partition coefficient (Wildman–Crippen LogP) is 3.23. The van der Waals surface area contributed by atoms with Crippen LogP contribution < -0.4 is 16.9 Å². The number of rotatable bonds is 2. The molecule has 1 aromatic heterocycles. The Labute approximate surface area is 154 Å². The van der Waals surface area contributed by atoms with Crippen LogP contribution in [-0.2, 0) is 0 Å². The zero-order chi connectivity index (χ0) is 20.2. The lowest BCUT2D eigenvalue weighted by atomic mass is 10.0. The molecule has 3 rings (SSSR count). The smallest absolute Gasteiger partial charge is 0.341 e. The van der Waals surface area contributed by atoms with E-state index in [0.717, 1.165) is 16.8 Å². The number of benzene rings is 2. The van der Waals surface area contributed by atoms with Gasteiger partial charge in [-0.15, -0.1) is 0 Å². The molecule has 0 aliphatic carbocycles. The highest BCUT2D eigenvalue weighted by atomic mass is 35.5. The number of aromatic carboxylic acids is 1. The Kier molecular flexibility index (Phi) is 4.27. The molecule has 27 heavy (non-hydrogen) atoms. The van der Waals surface area contributed by atoms with Crippen LogP contribution in [0.1, 0.15) is 15.9 Å². The summed E-state index contributed by atoms with van der Waals surface area (Å²) in [4.78, 5) is 24.0. The summed E-state index contributed by atoms with van der Waals surface area (Å²) in [6.45, 7) is 1.21. The van der Waals surface area contributed by atoms with Gasteiger partial charge >= 0.3 is 5.97 Å². The van der Waals surface area contributed by atoms with E-state index >= 15 is 0 Å². The Morgan fingerprint density at radius 3 is 2.41 bits per heavy atom. The lowest BCUT2D eigenvalue weighted by molar-refractivity contribution is 0.0695. The Morgan fingerprint density at radius 1 is 1.19 bits per heavy atom. The SMILES string of the molecule is Cc1c(F)c(N)c(Cl)c2c1c(=O)c(C(=O)O)cn2-c1cc(N)c(F)cc1F. The predicted molar refractivity (Wildman–Crippen MR) is 95.0 cm³/mol. The van der Waals surface area contributed by atoms with Gasteiger partial charge < -0.3 is 21.1 Å². The molecule has 140 valence electrons. The average Bonchev–Trinajstić information content (AvgIpc) is 2.60. The highest BCUT2D eigenvalue weighted by Gasteiger charge is 2.24. The van der Waals surface area contributed by atoms with Gasteiger partial charge in [0.25, 0.3) is 0 Å². The van der Waals surface area contributed by atoms with Crippen molar-refractivity contribution in [2.24, 2.45) is 0 Å². The normalized spacial score (nSPS) is 11.1. The molecule has 0 fully saturated rings. The third-order valence-electron chi connectivity index (χ3n) is 4.15. The van der Waals surface area contributed by atoms with Gasteiger partial charge in [-0.25, -0.2) is 18.0 Å². The van der Waals surface area contributed by atoms with Crippen LogP contribution in [0.3, 0.4) is 0 Å². The van der Waals surface area contributed by atoms with Gasteiger partial charge in [-0.3, -0.25) is 4.79 Å². The topological polar surface area (TPSA) is 111 Å².